The fourth-order valence-electron chi connectivity index (χ4n) is 2.68. The molecule has 0 spiro atoms. The maximum Gasteiger partial charge on any atom is 0.336 e. The Kier molecular flexibility index (Phi) is 6.13. The molecule has 2 aromatic rings. The largest absolute Gasteiger partial charge is 0.478 e. The Morgan fingerprint density at radius 3 is 2.46 bits per heavy atom. The maximum atomic E-state index is 12.1. The highest BCUT2D eigenvalue weighted by molar-refractivity contribution is 7.98. The second-order valence-corrected chi connectivity index (χ2v) is 7.01. The summed E-state index contributed by atoms with van der Waals surface area (Å²) in [5.74, 6) is -1.29. The maximum absolute atomic E-state index is 12.1. The molecule has 2 amide bonds. The molecule has 0 fully saturated rings. The minimum Gasteiger partial charge on any atom is -0.478 e. The first-order valence-electron chi connectivity index (χ1n) is 8.49. The van der Waals surface area contributed by atoms with Crippen molar-refractivity contribution in [2.45, 2.75) is 10.6 Å². The Labute approximate surface area is 165 Å². The molecular weight excluding hydrogens is 380 g/mol. The van der Waals surface area contributed by atoms with Gasteiger partial charge < -0.3 is 15.5 Å². The van der Waals surface area contributed by atoms with Crippen LogP contribution in [0.2, 0.25) is 0 Å². The number of carbonyl (C=O) groups excluding carboxylic acids is 2. The van der Waals surface area contributed by atoms with Gasteiger partial charge in [0.1, 0.15) is 5.70 Å². The quantitative estimate of drug-likeness (QED) is 0.463. The predicted octanol–water partition coefficient (Wildman–Crippen LogP) is 2.33. The number of carboxylic acid groups (broad SMARTS) is 1. The molecule has 28 heavy (non-hydrogen) atoms. The molecule has 0 aromatic heterocycles. The van der Waals surface area contributed by atoms with E-state index in [-0.39, 0.29) is 24.4 Å². The minimum atomic E-state index is -0.957. The number of aromatic carboxylic acids is 1. The molecule has 3 N–H and O–H groups in total. The first-order valence-corrected chi connectivity index (χ1v) is 9.47. The number of benzene rings is 2. The van der Waals surface area contributed by atoms with Crippen LogP contribution in [0.1, 0.15) is 15.9 Å². The van der Waals surface area contributed by atoms with Crippen LogP contribution in [-0.2, 0) is 15.3 Å². The molecule has 8 heteroatoms. The second-order valence-electron chi connectivity index (χ2n) is 5.99. The van der Waals surface area contributed by atoms with Gasteiger partial charge in [-0.15, -0.1) is 11.8 Å². The Morgan fingerprint density at radius 2 is 1.79 bits per heavy atom. The lowest BCUT2D eigenvalue weighted by atomic mass is 10.2. The number of carboxylic acids is 1. The molecule has 0 bridgehead atoms. The molecule has 3 rings (SSSR count). The highest BCUT2D eigenvalue weighted by atomic mass is 32.2. The van der Waals surface area contributed by atoms with Gasteiger partial charge in [-0.1, -0.05) is 24.3 Å². The molecule has 0 radical (unpaired) electrons. The van der Waals surface area contributed by atoms with Gasteiger partial charge in [-0.3, -0.25) is 14.5 Å². The van der Waals surface area contributed by atoms with Gasteiger partial charge in [0, 0.05) is 22.4 Å². The van der Waals surface area contributed by atoms with Crippen molar-refractivity contribution in [1.82, 2.24) is 4.90 Å². The van der Waals surface area contributed by atoms with Crippen molar-refractivity contribution < 1.29 is 24.6 Å². The number of hydrogen-bond donors (Lipinski definition) is 3. The van der Waals surface area contributed by atoms with Crippen molar-refractivity contribution >= 4 is 35.2 Å². The number of β-amino-alcohol motifs (C(OH)–C–C–N with tert-alkyl or cyclic N) is 1. The van der Waals surface area contributed by atoms with Crippen LogP contribution in [0.25, 0.3) is 0 Å². The third-order valence-electron chi connectivity index (χ3n) is 4.08. The van der Waals surface area contributed by atoms with Crippen molar-refractivity contribution in [3.05, 3.63) is 71.4 Å². The van der Waals surface area contributed by atoms with Crippen LogP contribution in [0.3, 0.4) is 0 Å². The molecule has 144 valence electrons. The topological polar surface area (TPSA) is 107 Å². The lowest BCUT2D eigenvalue weighted by Gasteiger charge is -2.13. The lowest BCUT2D eigenvalue weighted by molar-refractivity contribution is -0.137. The third kappa shape index (κ3) is 4.41. The van der Waals surface area contributed by atoms with Crippen LogP contribution in [0.4, 0.5) is 5.69 Å². The summed E-state index contributed by atoms with van der Waals surface area (Å²) in [6, 6.07) is 14.1. The van der Waals surface area contributed by atoms with E-state index in [2.05, 4.69) is 5.32 Å². The van der Waals surface area contributed by atoms with Crippen molar-refractivity contribution in [2.24, 2.45) is 0 Å². The van der Waals surface area contributed by atoms with Crippen molar-refractivity contribution in [3.8, 4) is 0 Å². The first-order chi connectivity index (χ1) is 13.5. The summed E-state index contributed by atoms with van der Waals surface area (Å²) in [6.45, 7) is -0.316. The third-order valence-corrected chi connectivity index (χ3v) is 5.22. The van der Waals surface area contributed by atoms with Crippen LogP contribution in [0, 0.1) is 0 Å². The zero-order valence-electron chi connectivity index (χ0n) is 14.8. The summed E-state index contributed by atoms with van der Waals surface area (Å²) in [4.78, 5) is 36.8. The summed E-state index contributed by atoms with van der Waals surface area (Å²) < 4.78 is 0. The van der Waals surface area contributed by atoms with Crippen molar-refractivity contribution in [3.63, 3.8) is 0 Å². The number of thioether (sulfide) groups is 1. The van der Waals surface area contributed by atoms with Crippen LogP contribution in [0.5, 0.6) is 0 Å². The van der Waals surface area contributed by atoms with Gasteiger partial charge in [0.25, 0.3) is 11.8 Å². The zero-order valence-corrected chi connectivity index (χ0v) is 15.6. The van der Waals surface area contributed by atoms with E-state index >= 15 is 0 Å². The van der Waals surface area contributed by atoms with Gasteiger partial charge in [-0.2, -0.15) is 0 Å². The zero-order chi connectivity index (χ0) is 20.1. The number of anilines is 1. The molecule has 0 aliphatic carbocycles. The molecular formula is C20H18N2O5S. The Balaban J connectivity index is 1.62. The summed E-state index contributed by atoms with van der Waals surface area (Å²) in [6.07, 6.45) is 1.21. The van der Waals surface area contributed by atoms with Crippen molar-refractivity contribution in [2.75, 3.05) is 18.5 Å². The van der Waals surface area contributed by atoms with Gasteiger partial charge in [-0.25, -0.2) is 4.79 Å². The van der Waals surface area contributed by atoms with E-state index in [1.807, 2.05) is 12.1 Å². The Morgan fingerprint density at radius 1 is 1.07 bits per heavy atom. The smallest absolute Gasteiger partial charge is 0.336 e. The van der Waals surface area contributed by atoms with Gasteiger partial charge in [0.2, 0.25) is 0 Å². The molecule has 2 aromatic carbocycles. The number of amides is 2. The van der Waals surface area contributed by atoms with Gasteiger partial charge in [0.15, 0.2) is 0 Å². The molecule has 1 heterocycles. The normalized spacial score (nSPS) is 13.6. The lowest BCUT2D eigenvalue weighted by Crippen LogP contribution is -2.34. The van der Waals surface area contributed by atoms with Gasteiger partial charge in [0.05, 0.1) is 18.7 Å². The summed E-state index contributed by atoms with van der Waals surface area (Å²) in [5, 5.41) is 21.1. The van der Waals surface area contributed by atoms with E-state index < -0.39 is 17.8 Å². The van der Waals surface area contributed by atoms with E-state index in [0.717, 1.165) is 10.5 Å². The van der Waals surface area contributed by atoms with E-state index in [4.69, 9.17) is 5.11 Å². The number of hydrogen-bond acceptors (Lipinski definition) is 6. The van der Waals surface area contributed by atoms with Crippen LogP contribution >= 0.6 is 11.8 Å². The number of rotatable bonds is 8. The number of aliphatic hydroxyl groups is 1. The van der Waals surface area contributed by atoms with E-state index in [1.165, 1.54) is 17.8 Å². The average molecular weight is 398 g/mol. The number of nitrogens with one attached hydrogen (secondary N) is 1. The van der Waals surface area contributed by atoms with E-state index in [1.54, 1.807) is 36.4 Å². The highest BCUT2D eigenvalue weighted by Gasteiger charge is 2.30. The van der Waals surface area contributed by atoms with Crippen LogP contribution in [0.15, 0.2) is 65.2 Å². The fraction of sp³-hybridized carbons (Fsp3) is 0.150. The number of nitrogens with zero attached hydrogens (tertiary/aromatic N) is 1. The molecule has 1 aliphatic rings. The van der Waals surface area contributed by atoms with Gasteiger partial charge in [-0.05, 0) is 29.8 Å². The number of imide groups is 1. The summed E-state index contributed by atoms with van der Waals surface area (Å²) in [7, 11) is 0. The first kappa shape index (κ1) is 19.7. The number of aliphatic hydroxyl groups excluding tert-OH is 1. The second kappa shape index (κ2) is 8.73. The molecule has 0 saturated heterocycles. The van der Waals surface area contributed by atoms with E-state index in [0.29, 0.717) is 16.3 Å². The van der Waals surface area contributed by atoms with Gasteiger partial charge >= 0.3 is 5.97 Å². The molecule has 1 aliphatic heterocycles. The standard InChI is InChI=1S/C20H18N2O5S/c23-10-9-22-18(24)11-16(19(22)25)21-14-7-5-13(6-8-14)12-28-17-4-2-1-3-15(17)20(26)27/h1-8,11,21,23H,9-10,12H2,(H,26,27). The predicted molar refractivity (Wildman–Crippen MR) is 105 cm³/mol. The average Bonchev–Trinajstić information content (AvgIpc) is 2.95. The Bertz CT molecular complexity index is 940. The summed E-state index contributed by atoms with van der Waals surface area (Å²) >= 11 is 1.43. The highest BCUT2D eigenvalue weighted by Crippen LogP contribution is 2.27. The SMILES string of the molecule is O=C(O)c1ccccc1SCc1ccc(NC2=CC(=O)N(CCO)C2=O)cc1. The van der Waals surface area contributed by atoms with Crippen LogP contribution in [-0.4, -0.2) is 46.0 Å². The fourth-order valence-corrected chi connectivity index (χ4v) is 3.68. The van der Waals surface area contributed by atoms with E-state index in [9.17, 15) is 19.5 Å². The Hall–Kier alpha value is -3.10. The molecule has 0 unspecified atom stereocenters. The summed E-state index contributed by atoms with van der Waals surface area (Å²) in [5.41, 5.74) is 2.07. The monoisotopic (exact) mass is 398 g/mol. The number of carbonyl (C=O) groups is 3. The van der Waals surface area contributed by atoms with Crippen molar-refractivity contribution in [1.29, 1.82) is 0 Å². The molecule has 7 nitrogen and oxygen atoms in total. The van der Waals surface area contributed by atoms with Crippen LogP contribution < -0.4 is 5.32 Å². The molecule has 0 saturated carbocycles. The minimum absolute atomic E-state index is 0.0344. The molecule has 0 atom stereocenters.